The lowest BCUT2D eigenvalue weighted by Crippen LogP contribution is -2.66. The fourth-order valence-corrected chi connectivity index (χ4v) is 10.2. The second-order valence-corrected chi connectivity index (χ2v) is 14.6. The summed E-state index contributed by atoms with van der Waals surface area (Å²) in [6.45, 7) is 7.91. The van der Waals surface area contributed by atoms with Gasteiger partial charge < -0.3 is 14.5 Å². The highest BCUT2D eigenvalue weighted by molar-refractivity contribution is 6.99. The first-order chi connectivity index (χ1) is 15.8. The quantitative estimate of drug-likeness (QED) is 0.368. The van der Waals surface area contributed by atoms with Gasteiger partial charge in [0, 0.05) is 18.9 Å². The number of unbranched alkanes of at least 4 members (excludes halogenated alkanes) is 1. The molecular formula is C27H35NO4Si. The normalized spacial score (nSPS) is 23.1. The number of carbonyl (C=O) groups excluding carboxylic acids is 2. The molecule has 1 amide bonds. The molecule has 0 saturated carbocycles. The zero-order valence-electron chi connectivity index (χ0n) is 19.9. The van der Waals surface area contributed by atoms with E-state index in [1.54, 1.807) is 0 Å². The van der Waals surface area contributed by atoms with Crippen molar-refractivity contribution < 1.29 is 18.8 Å². The van der Waals surface area contributed by atoms with Crippen LogP contribution in [-0.2, 0) is 18.8 Å². The van der Waals surface area contributed by atoms with Gasteiger partial charge in [-0.1, -0.05) is 87.9 Å². The highest BCUT2D eigenvalue weighted by Crippen LogP contribution is 2.39. The van der Waals surface area contributed by atoms with Gasteiger partial charge in [-0.25, -0.2) is 4.79 Å². The molecule has 2 aromatic carbocycles. The Morgan fingerprint density at radius 1 is 1.00 bits per heavy atom. The van der Waals surface area contributed by atoms with Crippen molar-refractivity contribution in [1.82, 2.24) is 5.32 Å². The van der Waals surface area contributed by atoms with Gasteiger partial charge in [-0.15, -0.1) is 0 Å². The number of carbonyl (C=O) groups is 2. The van der Waals surface area contributed by atoms with E-state index in [9.17, 15) is 9.59 Å². The molecule has 1 spiro atoms. The number of rotatable bonds is 8. The first-order valence-electron chi connectivity index (χ1n) is 12.0. The SMILES string of the molecule is CC(C)(C)[Si](OCCCC[C@H]1COC(=O)[C@]12CCC(=O)N2)(c1ccccc1)c1ccccc1. The molecule has 6 heteroatoms. The van der Waals surface area contributed by atoms with Crippen LogP contribution in [0, 0.1) is 5.92 Å². The smallest absolute Gasteiger partial charge is 0.332 e. The van der Waals surface area contributed by atoms with Crippen LogP contribution in [-0.4, -0.2) is 38.9 Å². The molecule has 5 nitrogen and oxygen atoms in total. The van der Waals surface area contributed by atoms with Crippen LogP contribution < -0.4 is 15.7 Å². The minimum atomic E-state index is -2.52. The molecule has 2 aliphatic rings. The third-order valence-electron chi connectivity index (χ3n) is 7.27. The zero-order chi connectivity index (χ0) is 23.5. The van der Waals surface area contributed by atoms with Crippen molar-refractivity contribution in [3.05, 3.63) is 60.7 Å². The highest BCUT2D eigenvalue weighted by Gasteiger charge is 2.55. The van der Waals surface area contributed by atoms with Crippen molar-refractivity contribution in [2.75, 3.05) is 13.2 Å². The van der Waals surface area contributed by atoms with Crippen LogP contribution in [0.5, 0.6) is 0 Å². The fraction of sp³-hybridized carbons (Fsp3) is 0.481. The summed E-state index contributed by atoms with van der Waals surface area (Å²) < 4.78 is 12.3. The van der Waals surface area contributed by atoms with Gasteiger partial charge in [-0.2, -0.15) is 0 Å². The molecule has 0 radical (unpaired) electrons. The minimum Gasteiger partial charge on any atom is -0.464 e. The van der Waals surface area contributed by atoms with Gasteiger partial charge in [-0.05, 0) is 34.7 Å². The van der Waals surface area contributed by atoms with Crippen molar-refractivity contribution in [2.45, 2.75) is 63.5 Å². The number of amides is 1. The summed E-state index contributed by atoms with van der Waals surface area (Å²) in [5, 5.41) is 5.44. The Balaban J connectivity index is 1.46. The fourth-order valence-electron chi connectivity index (χ4n) is 5.57. The first-order valence-corrected chi connectivity index (χ1v) is 13.9. The molecule has 2 aliphatic heterocycles. The first kappa shape index (κ1) is 23.7. The van der Waals surface area contributed by atoms with E-state index in [1.807, 2.05) is 0 Å². The van der Waals surface area contributed by atoms with Crippen LogP contribution in [0.2, 0.25) is 5.04 Å². The molecule has 0 aliphatic carbocycles. The van der Waals surface area contributed by atoms with Crippen LogP contribution in [0.4, 0.5) is 0 Å². The Morgan fingerprint density at radius 3 is 2.12 bits per heavy atom. The van der Waals surface area contributed by atoms with Crippen molar-refractivity contribution in [3.8, 4) is 0 Å². The van der Waals surface area contributed by atoms with E-state index in [0.717, 1.165) is 19.3 Å². The van der Waals surface area contributed by atoms with Gasteiger partial charge in [0.15, 0.2) is 0 Å². The Kier molecular flexibility index (Phi) is 6.77. The summed E-state index contributed by atoms with van der Waals surface area (Å²) in [6.07, 6.45) is 3.63. The Labute approximate surface area is 198 Å². The number of benzene rings is 2. The summed E-state index contributed by atoms with van der Waals surface area (Å²) >= 11 is 0. The van der Waals surface area contributed by atoms with Gasteiger partial charge in [0.2, 0.25) is 5.91 Å². The molecule has 2 saturated heterocycles. The standard InChI is InChI=1S/C27H35NO4Si/c1-26(2,3)33(22-13-6-4-7-14-22,23-15-8-5-9-16-23)32-19-11-10-12-21-20-31-25(30)27(21)18-17-24(29)28-27/h4-9,13-16,21H,10-12,17-20H2,1-3H3,(H,28,29)/t21-,27-/m0/s1. The average Bonchev–Trinajstić information content (AvgIpc) is 3.34. The maximum absolute atomic E-state index is 12.3. The van der Waals surface area contributed by atoms with Crippen molar-refractivity contribution in [3.63, 3.8) is 0 Å². The van der Waals surface area contributed by atoms with E-state index in [4.69, 9.17) is 9.16 Å². The molecule has 2 heterocycles. The minimum absolute atomic E-state index is 0.0421. The molecule has 2 atom stereocenters. The van der Waals surface area contributed by atoms with E-state index in [0.29, 0.717) is 26.1 Å². The van der Waals surface area contributed by atoms with Crippen LogP contribution in [0.1, 0.15) is 52.9 Å². The van der Waals surface area contributed by atoms with E-state index < -0.39 is 13.9 Å². The molecule has 4 rings (SSSR count). The number of nitrogens with one attached hydrogen (secondary N) is 1. The van der Waals surface area contributed by atoms with Gasteiger partial charge in [-0.3, -0.25) is 4.79 Å². The third-order valence-corrected chi connectivity index (χ3v) is 12.3. The summed E-state index contributed by atoms with van der Waals surface area (Å²) in [5.41, 5.74) is -0.796. The lowest BCUT2D eigenvalue weighted by atomic mass is 9.82. The van der Waals surface area contributed by atoms with Crippen molar-refractivity contribution >= 4 is 30.6 Å². The zero-order valence-corrected chi connectivity index (χ0v) is 20.9. The van der Waals surface area contributed by atoms with E-state index in [-0.39, 0.29) is 22.8 Å². The lowest BCUT2D eigenvalue weighted by Gasteiger charge is -2.43. The summed E-state index contributed by atoms with van der Waals surface area (Å²) in [4.78, 5) is 24.2. The number of cyclic esters (lactones) is 1. The lowest BCUT2D eigenvalue weighted by molar-refractivity contribution is -0.144. The van der Waals surface area contributed by atoms with Crippen LogP contribution in [0.3, 0.4) is 0 Å². The van der Waals surface area contributed by atoms with Crippen LogP contribution >= 0.6 is 0 Å². The van der Waals surface area contributed by atoms with Gasteiger partial charge in [0.25, 0.3) is 8.32 Å². The molecule has 0 aromatic heterocycles. The van der Waals surface area contributed by atoms with Gasteiger partial charge >= 0.3 is 5.97 Å². The number of hydrogen-bond acceptors (Lipinski definition) is 4. The predicted molar refractivity (Wildman–Crippen MR) is 132 cm³/mol. The van der Waals surface area contributed by atoms with Crippen LogP contribution in [0.25, 0.3) is 0 Å². The largest absolute Gasteiger partial charge is 0.464 e. The summed E-state index contributed by atoms with van der Waals surface area (Å²) in [6, 6.07) is 21.3. The second-order valence-electron chi connectivity index (χ2n) is 10.3. The molecule has 0 unspecified atom stereocenters. The molecule has 2 fully saturated rings. The number of hydrogen-bond donors (Lipinski definition) is 1. The maximum atomic E-state index is 12.3. The topological polar surface area (TPSA) is 64.6 Å². The average molecular weight is 466 g/mol. The molecule has 2 aromatic rings. The Morgan fingerprint density at radius 2 is 1.61 bits per heavy atom. The predicted octanol–water partition coefficient (Wildman–Crippen LogP) is 3.56. The summed E-state index contributed by atoms with van der Waals surface area (Å²) in [7, 11) is -2.52. The molecule has 1 N–H and O–H groups in total. The second kappa shape index (κ2) is 9.43. The Hall–Kier alpha value is -2.44. The van der Waals surface area contributed by atoms with E-state index >= 15 is 0 Å². The maximum Gasteiger partial charge on any atom is 0.332 e. The molecule has 176 valence electrons. The summed E-state index contributed by atoms with van der Waals surface area (Å²) in [5.74, 6) is -0.264. The third kappa shape index (κ3) is 4.38. The van der Waals surface area contributed by atoms with Crippen molar-refractivity contribution in [1.29, 1.82) is 0 Å². The highest BCUT2D eigenvalue weighted by atomic mass is 28.4. The molecule has 0 bridgehead atoms. The van der Waals surface area contributed by atoms with E-state index in [1.165, 1.54) is 10.4 Å². The molecular weight excluding hydrogens is 430 g/mol. The van der Waals surface area contributed by atoms with E-state index in [2.05, 4.69) is 86.8 Å². The van der Waals surface area contributed by atoms with Gasteiger partial charge in [0.1, 0.15) is 5.54 Å². The number of ether oxygens (including phenoxy) is 1. The van der Waals surface area contributed by atoms with Crippen molar-refractivity contribution in [2.24, 2.45) is 5.92 Å². The molecule has 33 heavy (non-hydrogen) atoms. The van der Waals surface area contributed by atoms with Crippen LogP contribution in [0.15, 0.2) is 60.7 Å². The van der Waals surface area contributed by atoms with Gasteiger partial charge in [0.05, 0.1) is 6.61 Å². The number of esters is 1. The monoisotopic (exact) mass is 465 g/mol. The Bertz CT molecular complexity index is 933.